The molecule has 2 aliphatic heterocycles. The number of carbonyl (C=O) groups excluding carboxylic acids is 1. The number of morpholine rings is 1. The molecule has 1 aromatic rings. The molecule has 1 unspecified atom stereocenters. The number of rotatable bonds is 5. The Labute approximate surface area is 137 Å². The van der Waals surface area contributed by atoms with E-state index < -0.39 is 11.0 Å². The zero-order valence-corrected chi connectivity index (χ0v) is 13.2. The number of hydrazone groups is 1. The van der Waals surface area contributed by atoms with Gasteiger partial charge in [0.25, 0.3) is 0 Å². The van der Waals surface area contributed by atoms with Crippen LogP contribution in [0, 0.1) is 10.1 Å². The summed E-state index contributed by atoms with van der Waals surface area (Å²) in [6, 6.07) is 0. The monoisotopic (exact) mass is 338 g/mol. The topological polar surface area (TPSA) is 115 Å². The average Bonchev–Trinajstić information content (AvgIpc) is 3.09. The molecule has 2 fully saturated rings. The molecule has 2 saturated heterocycles. The van der Waals surface area contributed by atoms with Crippen molar-refractivity contribution in [1.82, 2.24) is 19.5 Å². The van der Waals surface area contributed by atoms with Crippen molar-refractivity contribution >= 4 is 18.1 Å². The second-order valence-corrected chi connectivity index (χ2v) is 5.54. The standard InChI is InChI=1S/C13H18N6O5/c1-16-11(14-7-12(16)19(21)22)6-15-18-9-10(24-13(18)20)8-17-2-4-23-5-3-17/h6-7,10H,2-5,8-9H2,1H3/b15-6+. The molecule has 1 aromatic heterocycles. The van der Waals surface area contributed by atoms with Gasteiger partial charge in [-0.2, -0.15) is 10.1 Å². The van der Waals surface area contributed by atoms with Gasteiger partial charge >= 0.3 is 11.9 Å². The fourth-order valence-electron chi connectivity index (χ4n) is 2.59. The Morgan fingerprint density at radius 1 is 1.50 bits per heavy atom. The van der Waals surface area contributed by atoms with E-state index in [1.54, 1.807) is 0 Å². The summed E-state index contributed by atoms with van der Waals surface area (Å²) >= 11 is 0. The first-order valence-electron chi connectivity index (χ1n) is 7.53. The van der Waals surface area contributed by atoms with Crippen LogP contribution in [-0.2, 0) is 16.5 Å². The first kappa shape index (κ1) is 16.3. The predicted molar refractivity (Wildman–Crippen MR) is 81.7 cm³/mol. The minimum Gasteiger partial charge on any atom is -0.441 e. The second-order valence-electron chi connectivity index (χ2n) is 5.54. The third-order valence-corrected chi connectivity index (χ3v) is 3.92. The summed E-state index contributed by atoms with van der Waals surface area (Å²) in [5, 5.41) is 16.0. The molecule has 0 aliphatic carbocycles. The Morgan fingerprint density at radius 2 is 2.25 bits per heavy atom. The number of hydrogen-bond acceptors (Lipinski definition) is 8. The number of imidazole rings is 1. The second kappa shape index (κ2) is 6.93. The Balaban J connectivity index is 1.59. The van der Waals surface area contributed by atoms with Crippen molar-refractivity contribution in [2.45, 2.75) is 6.10 Å². The fourth-order valence-corrected chi connectivity index (χ4v) is 2.59. The third-order valence-electron chi connectivity index (χ3n) is 3.92. The van der Waals surface area contributed by atoms with Crippen LogP contribution in [-0.4, -0.2) is 82.2 Å². The van der Waals surface area contributed by atoms with Crippen molar-refractivity contribution in [1.29, 1.82) is 0 Å². The van der Waals surface area contributed by atoms with Gasteiger partial charge in [0.05, 0.1) is 26.8 Å². The Hall–Kier alpha value is -2.53. The van der Waals surface area contributed by atoms with Crippen molar-refractivity contribution in [3.05, 3.63) is 22.1 Å². The van der Waals surface area contributed by atoms with Crippen LogP contribution in [0.25, 0.3) is 0 Å². The molecule has 0 bridgehead atoms. The van der Waals surface area contributed by atoms with E-state index in [0.29, 0.717) is 26.3 Å². The number of amides is 1. The van der Waals surface area contributed by atoms with Gasteiger partial charge in [0, 0.05) is 19.6 Å². The van der Waals surface area contributed by atoms with Crippen LogP contribution in [0.2, 0.25) is 0 Å². The normalized spacial score (nSPS) is 22.3. The Bertz CT molecular complexity index is 653. The number of carbonyl (C=O) groups is 1. The minimum atomic E-state index is -0.535. The van der Waals surface area contributed by atoms with E-state index in [2.05, 4.69) is 15.0 Å². The zero-order valence-electron chi connectivity index (χ0n) is 13.2. The van der Waals surface area contributed by atoms with Gasteiger partial charge in [0.15, 0.2) is 0 Å². The van der Waals surface area contributed by atoms with Crippen molar-refractivity contribution in [2.24, 2.45) is 12.1 Å². The maximum Gasteiger partial charge on any atom is 0.430 e. The number of cyclic esters (lactones) is 1. The van der Waals surface area contributed by atoms with Crippen LogP contribution in [0.15, 0.2) is 11.3 Å². The smallest absolute Gasteiger partial charge is 0.430 e. The number of hydrogen-bond donors (Lipinski definition) is 0. The van der Waals surface area contributed by atoms with E-state index >= 15 is 0 Å². The molecule has 130 valence electrons. The maximum atomic E-state index is 11.9. The number of aromatic nitrogens is 2. The molecule has 0 N–H and O–H groups in total. The lowest BCUT2D eigenvalue weighted by molar-refractivity contribution is -0.391. The Morgan fingerprint density at radius 3 is 2.92 bits per heavy atom. The van der Waals surface area contributed by atoms with Crippen LogP contribution in [0.4, 0.5) is 10.6 Å². The molecular weight excluding hydrogens is 320 g/mol. The van der Waals surface area contributed by atoms with Crippen molar-refractivity contribution < 1.29 is 19.2 Å². The van der Waals surface area contributed by atoms with Crippen molar-refractivity contribution in [2.75, 3.05) is 39.4 Å². The number of nitrogens with zero attached hydrogens (tertiary/aromatic N) is 6. The molecule has 11 nitrogen and oxygen atoms in total. The largest absolute Gasteiger partial charge is 0.441 e. The third kappa shape index (κ3) is 3.51. The summed E-state index contributed by atoms with van der Waals surface area (Å²) in [5.41, 5.74) is 0. The van der Waals surface area contributed by atoms with E-state index in [-0.39, 0.29) is 17.7 Å². The highest BCUT2D eigenvalue weighted by Gasteiger charge is 2.33. The molecule has 11 heteroatoms. The van der Waals surface area contributed by atoms with Gasteiger partial charge < -0.3 is 19.6 Å². The van der Waals surface area contributed by atoms with Crippen LogP contribution < -0.4 is 0 Å². The van der Waals surface area contributed by atoms with Gasteiger partial charge in [0.2, 0.25) is 5.82 Å². The molecule has 3 rings (SSSR count). The lowest BCUT2D eigenvalue weighted by Crippen LogP contribution is -2.41. The minimum absolute atomic E-state index is 0.148. The van der Waals surface area contributed by atoms with Crippen LogP contribution in [0.3, 0.4) is 0 Å². The lowest BCUT2D eigenvalue weighted by Gasteiger charge is -2.27. The quantitative estimate of drug-likeness (QED) is 0.415. The van der Waals surface area contributed by atoms with E-state index in [1.807, 2.05) is 0 Å². The van der Waals surface area contributed by atoms with Gasteiger partial charge in [-0.15, -0.1) is 0 Å². The molecule has 2 aliphatic rings. The Kier molecular flexibility index (Phi) is 4.71. The molecule has 0 aromatic carbocycles. The summed E-state index contributed by atoms with van der Waals surface area (Å²) in [6.07, 6.45) is 1.66. The van der Waals surface area contributed by atoms with Gasteiger partial charge in [-0.1, -0.05) is 0 Å². The highest BCUT2D eigenvalue weighted by atomic mass is 16.6. The van der Waals surface area contributed by atoms with Crippen LogP contribution >= 0.6 is 0 Å². The molecule has 3 heterocycles. The van der Waals surface area contributed by atoms with Crippen LogP contribution in [0.5, 0.6) is 0 Å². The number of nitro groups is 1. The predicted octanol–water partition coefficient (Wildman–Crippen LogP) is -0.185. The SMILES string of the molecule is Cn1c([N+](=O)[O-])cnc1/C=N/N1CC(CN2CCOCC2)OC1=O. The van der Waals surface area contributed by atoms with Crippen molar-refractivity contribution in [3.8, 4) is 0 Å². The van der Waals surface area contributed by atoms with Gasteiger partial charge in [-0.3, -0.25) is 4.90 Å². The van der Waals surface area contributed by atoms with Gasteiger partial charge in [-0.05, 0) is 4.92 Å². The molecule has 0 spiro atoms. The van der Waals surface area contributed by atoms with Gasteiger partial charge in [-0.25, -0.2) is 14.3 Å². The molecule has 24 heavy (non-hydrogen) atoms. The first-order chi connectivity index (χ1) is 11.5. The summed E-state index contributed by atoms with van der Waals surface area (Å²) < 4.78 is 11.9. The lowest BCUT2D eigenvalue weighted by atomic mass is 10.3. The van der Waals surface area contributed by atoms with Gasteiger partial charge in [0.1, 0.15) is 18.5 Å². The fraction of sp³-hybridized carbons (Fsp3) is 0.615. The summed E-state index contributed by atoms with van der Waals surface area (Å²) in [6.45, 7) is 3.96. The highest BCUT2D eigenvalue weighted by Crippen LogP contribution is 2.15. The average molecular weight is 338 g/mol. The van der Waals surface area contributed by atoms with E-state index in [1.165, 1.54) is 22.8 Å². The van der Waals surface area contributed by atoms with E-state index in [9.17, 15) is 14.9 Å². The van der Waals surface area contributed by atoms with Crippen molar-refractivity contribution in [3.63, 3.8) is 0 Å². The summed E-state index contributed by atoms with van der Waals surface area (Å²) in [5.74, 6) is 0.136. The highest BCUT2D eigenvalue weighted by molar-refractivity contribution is 5.78. The molecular formula is C13H18N6O5. The maximum absolute atomic E-state index is 11.9. The van der Waals surface area contributed by atoms with Crippen LogP contribution in [0.1, 0.15) is 5.82 Å². The molecule has 0 saturated carbocycles. The molecule has 0 radical (unpaired) electrons. The first-order valence-corrected chi connectivity index (χ1v) is 7.53. The molecule has 1 atom stereocenters. The summed E-state index contributed by atoms with van der Waals surface area (Å²) in [7, 11) is 1.51. The summed E-state index contributed by atoms with van der Waals surface area (Å²) in [4.78, 5) is 28.2. The molecule has 1 amide bonds. The van der Waals surface area contributed by atoms with E-state index in [0.717, 1.165) is 19.3 Å². The zero-order chi connectivity index (χ0) is 17.1. The number of ether oxygens (including phenoxy) is 2. The van der Waals surface area contributed by atoms with E-state index in [4.69, 9.17) is 9.47 Å².